The van der Waals surface area contributed by atoms with Gasteiger partial charge in [0.1, 0.15) is 6.04 Å². The van der Waals surface area contributed by atoms with Crippen LogP contribution in [0.2, 0.25) is 0 Å². The minimum Gasteiger partial charge on any atom is -0.468 e. The van der Waals surface area contributed by atoms with Crippen LogP contribution in [-0.2, 0) is 19.6 Å². The third kappa shape index (κ3) is 3.17. The van der Waals surface area contributed by atoms with Crippen LogP contribution in [0.25, 0.3) is 0 Å². The summed E-state index contributed by atoms with van der Waals surface area (Å²) in [6.45, 7) is 1.48. The summed E-state index contributed by atoms with van der Waals surface area (Å²) >= 11 is 0. The molecular weight excluding hydrogens is 218 g/mol. The first kappa shape index (κ1) is 12.4. The second kappa shape index (κ2) is 4.94. The van der Waals surface area contributed by atoms with Crippen molar-refractivity contribution < 1.29 is 17.9 Å². The topological polar surface area (TPSA) is 72.5 Å². The van der Waals surface area contributed by atoms with E-state index in [9.17, 15) is 13.2 Å². The zero-order chi connectivity index (χ0) is 11.5. The molecule has 1 aliphatic rings. The fraction of sp³-hybridized carbons (Fsp3) is 0.889. The highest BCUT2D eigenvalue weighted by atomic mass is 32.2. The fourth-order valence-electron chi connectivity index (χ4n) is 1.77. The maximum atomic E-state index is 11.7. The van der Waals surface area contributed by atoms with Crippen molar-refractivity contribution in [2.75, 3.05) is 7.11 Å². The molecule has 0 aliphatic heterocycles. The third-order valence-corrected chi connectivity index (χ3v) is 4.67. The molecule has 0 saturated heterocycles. The van der Waals surface area contributed by atoms with Gasteiger partial charge in [-0.25, -0.2) is 13.1 Å². The smallest absolute Gasteiger partial charge is 0.323 e. The van der Waals surface area contributed by atoms with E-state index in [-0.39, 0.29) is 5.25 Å². The average Bonchev–Trinajstić information content (AvgIpc) is 2.69. The highest BCUT2D eigenvalue weighted by molar-refractivity contribution is 7.90. The number of sulfonamides is 1. The molecular formula is C9H17NO4S. The summed E-state index contributed by atoms with van der Waals surface area (Å²) < 4.78 is 30.3. The fourth-order valence-corrected chi connectivity index (χ4v) is 3.50. The molecule has 1 saturated carbocycles. The zero-order valence-electron chi connectivity index (χ0n) is 9.02. The highest BCUT2D eigenvalue weighted by Crippen LogP contribution is 2.24. The minimum atomic E-state index is -3.37. The Morgan fingerprint density at radius 3 is 2.40 bits per heavy atom. The number of methoxy groups -OCH3 is 1. The Balaban J connectivity index is 2.59. The van der Waals surface area contributed by atoms with Gasteiger partial charge in [0.05, 0.1) is 12.4 Å². The van der Waals surface area contributed by atoms with E-state index in [1.807, 2.05) is 0 Å². The standard InChI is InChI=1S/C9H17NO4S/c1-7(9(11)14-2)10-15(12,13)8-5-3-4-6-8/h7-8,10H,3-6H2,1-2H3. The zero-order valence-corrected chi connectivity index (χ0v) is 9.84. The Labute approximate surface area is 90.2 Å². The second-order valence-corrected chi connectivity index (χ2v) is 5.81. The first-order chi connectivity index (χ1) is 6.97. The molecule has 0 aromatic heterocycles. The van der Waals surface area contributed by atoms with Crippen LogP contribution in [0, 0.1) is 0 Å². The van der Waals surface area contributed by atoms with Crippen LogP contribution in [0.1, 0.15) is 32.6 Å². The van der Waals surface area contributed by atoms with Crippen LogP contribution in [-0.4, -0.2) is 32.8 Å². The Kier molecular flexibility index (Phi) is 4.10. The van der Waals surface area contributed by atoms with Gasteiger partial charge in [-0.1, -0.05) is 12.8 Å². The monoisotopic (exact) mass is 235 g/mol. The number of esters is 1. The van der Waals surface area contributed by atoms with Crippen LogP contribution < -0.4 is 4.72 Å². The molecule has 0 aromatic carbocycles. The number of rotatable bonds is 4. The lowest BCUT2D eigenvalue weighted by Gasteiger charge is -2.15. The first-order valence-electron chi connectivity index (χ1n) is 5.06. The van der Waals surface area contributed by atoms with Gasteiger partial charge >= 0.3 is 5.97 Å². The van der Waals surface area contributed by atoms with Crippen LogP contribution >= 0.6 is 0 Å². The lowest BCUT2D eigenvalue weighted by molar-refractivity contribution is -0.142. The molecule has 1 unspecified atom stereocenters. The molecule has 1 N–H and O–H groups in total. The predicted octanol–water partition coefficient (Wildman–Crippen LogP) is 0.410. The number of hydrogen-bond acceptors (Lipinski definition) is 4. The van der Waals surface area contributed by atoms with Crippen molar-refractivity contribution in [2.24, 2.45) is 0 Å². The number of carbonyl (C=O) groups is 1. The quantitative estimate of drug-likeness (QED) is 0.716. The summed E-state index contributed by atoms with van der Waals surface area (Å²) in [5, 5.41) is -0.343. The average molecular weight is 235 g/mol. The SMILES string of the molecule is COC(=O)C(C)NS(=O)(=O)C1CCCC1. The number of carbonyl (C=O) groups excluding carboxylic acids is 1. The van der Waals surface area contributed by atoms with E-state index < -0.39 is 22.0 Å². The molecule has 88 valence electrons. The second-order valence-electron chi connectivity index (χ2n) is 3.81. The van der Waals surface area contributed by atoms with Crippen LogP contribution in [0.5, 0.6) is 0 Å². The van der Waals surface area contributed by atoms with Crippen molar-refractivity contribution in [3.05, 3.63) is 0 Å². The molecule has 1 rings (SSSR count). The summed E-state index contributed by atoms with van der Waals surface area (Å²) in [4.78, 5) is 11.1. The summed E-state index contributed by atoms with van der Waals surface area (Å²) in [6, 6.07) is -0.805. The Hall–Kier alpha value is -0.620. The summed E-state index contributed by atoms with van der Waals surface area (Å²) in [7, 11) is -2.13. The van der Waals surface area contributed by atoms with Gasteiger partial charge in [-0.3, -0.25) is 4.79 Å². The van der Waals surface area contributed by atoms with Crippen molar-refractivity contribution in [3.63, 3.8) is 0 Å². The largest absolute Gasteiger partial charge is 0.468 e. The molecule has 6 heteroatoms. The van der Waals surface area contributed by atoms with Crippen molar-refractivity contribution in [3.8, 4) is 0 Å². The molecule has 1 atom stereocenters. The number of hydrogen-bond donors (Lipinski definition) is 1. The molecule has 0 bridgehead atoms. The van der Waals surface area contributed by atoms with E-state index >= 15 is 0 Å². The summed E-state index contributed by atoms with van der Waals surface area (Å²) in [5.74, 6) is -0.559. The molecule has 15 heavy (non-hydrogen) atoms. The Bertz CT molecular complexity index is 319. The van der Waals surface area contributed by atoms with Gasteiger partial charge in [0.25, 0.3) is 0 Å². The number of ether oxygens (including phenoxy) is 1. The van der Waals surface area contributed by atoms with Crippen molar-refractivity contribution in [1.82, 2.24) is 4.72 Å². The van der Waals surface area contributed by atoms with Gasteiger partial charge < -0.3 is 4.74 Å². The van der Waals surface area contributed by atoms with Crippen molar-refractivity contribution in [2.45, 2.75) is 43.9 Å². The summed E-state index contributed by atoms with van der Waals surface area (Å²) in [5.41, 5.74) is 0. The molecule has 5 nitrogen and oxygen atoms in total. The maximum absolute atomic E-state index is 11.7. The molecule has 1 aliphatic carbocycles. The van der Waals surface area contributed by atoms with E-state index in [4.69, 9.17) is 0 Å². The Morgan fingerprint density at radius 2 is 1.93 bits per heavy atom. The molecule has 0 spiro atoms. The van der Waals surface area contributed by atoms with Gasteiger partial charge in [0.15, 0.2) is 0 Å². The molecule has 0 aromatic rings. The first-order valence-corrected chi connectivity index (χ1v) is 6.61. The van der Waals surface area contributed by atoms with Crippen LogP contribution in [0.15, 0.2) is 0 Å². The van der Waals surface area contributed by atoms with Crippen LogP contribution in [0.3, 0.4) is 0 Å². The van der Waals surface area contributed by atoms with Crippen LogP contribution in [0.4, 0.5) is 0 Å². The highest BCUT2D eigenvalue weighted by Gasteiger charge is 2.31. The molecule has 0 heterocycles. The van der Waals surface area contributed by atoms with Gasteiger partial charge in [-0.2, -0.15) is 0 Å². The molecule has 0 amide bonds. The van der Waals surface area contributed by atoms with E-state index in [1.54, 1.807) is 0 Å². The molecule has 1 fully saturated rings. The predicted molar refractivity (Wildman–Crippen MR) is 55.8 cm³/mol. The molecule has 0 radical (unpaired) electrons. The van der Waals surface area contributed by atoms with Gasteiger partial charge in [0, 0.05) is 0 Å². The van der Waals surface area contributed by atoms with E-state index in [0.717, 1.165) is 12.8 Å². The Morgan fingerprint density at radius 1 is 1.40 bits per heavy atom. The third-order valence-electron chi connectivity index (χ3n) is 2.64. The summed E-state index contributed by atoms with van der Waals surface area (Å²) in [6.07, 6.45) is 3.25. The van der Waals surface area contributed by atoms with Gasteiger partial charge in [-0.15, -0.1) is 0 Å². The van der Waals surface area contributed by atoms with Gasteiger partial charge in [0.2, 0.25) is 10.0 Å². The van der Waals surface area contributed by atoms with Crippen molar-refractivity contribution >= 4 is 16.0 Å². The van der Waals surface area contributed by atoms with E-state index in [1.165, 1.54) is 14.0 Å². The van der Waals surface area contributed by atoms with Gasteiger partial charge in [-0.05, 0) is 19.8 Å². The number of nitrogens with one attached hydrogen (secondary N) is 1. The van der Waals surface area contributed by atoms with E-state index in [2.05, 4.69) is 9.46 Å². The minimum absolute atomic E-state index is 0.343. The van der Waals surface area contributed by atoms with Crippen molar-refractivity contribution in [1.29, 1.82) is 0 Å². The normalized spacial score (nSPS) is 20.1. The van der Waals surface area contributed by atoms with E-state index in [0.29, 0.717) is 12.8 Å². The lowest BCUT2D eigenvalue weighted by Crippen LogP contribution is -2.43. The lowest BCUT2D eigenvalue weighted by atomic mass is 10.4. The maximum Gasteiger partial charge on any atom is 0.323 e.